The number of rotatable bonds is 3. The van der Waals surface area contributed by atoms with Gasteiger partial charge in [0.25, 0.3) is 0 Å². The van der Waals surface area contributed by atoms with Crippen molar-refractivity contribution in [3.8, 4) is 0 Å². The topological polar surface area (TPSA) is 38.0 Å². The molecule has 1 aliphatic carbocycles. The number of fused-ring (bicyclic) bond motifs is 1. The predicted octanol–water partition coefficient (Wildman–Crippen LogP) is 2.03. The van der Waals surface area contributed by atoms with Crippen LogP contribution in [0, 0.1) is 0 Å². The van der Waals surface area contributed by atoms with E-state index in [0.29, 0.717) is 0 Å². The van der Waals surface area contributed by atoms with E-state index in [0.717, 1.165) is 31.3 Å². The van der Waals surface area contributed by atoms with Crippen molar-refractivity contribution in [2.45, 2.75) is 31.3 Å². The third-order valence-electron chi connectivity index (χ3n) is 3.50. The zero-order chi connectivity index (χ0) is 11.2. The molecule has 0 aromatic carbocycles. The lowest BCUT2D eigenvalue weighted by molar-refractivity contribution is 0.140. The van der Waals surface area contributed by atoms with Gasteiger partial charge in [0.2, 0.25) is 0 Å². The van der Waals surface area contributed by atoms with E-state index in [4.69, 9.17) is 0 Å². The third kappa shape index (κ3) is 1.61. The van der Waals surface area contributed by atoms with Crippen LogP contribution >= 0.6 is 0 Å². The highest BCUT2D eigenvalue weighted by atomic mass is 16.3. The minimum Gasteiger partial charge on any atom is -0.390 e. The van der Waals surface area contributed by atoms with Gasteiger partial charge in [0.05, 0.1) is 5.60 Å². The molecule has 1 N–H and O–H groups in total. The molecule has 1 fully saturated rings. The second-order valence-corrected chi connectivity index (χ2v) is 4.86. The molecule has 0 bridgehead atoms. The smallest absolute Gasteiger partial charge is 0.139 e. The molecule has 1 aliphatic rings. The van der Waals surface area contributed by atoms with Crippen molar-refractivity contribution in [3.05, 3.63) is 30.1 Å². The number of pyridine rings is 1. The highest BCUT2D eigenvalue weighted by Crippen LogP contribution is 2.39. The predicted molar refractivity (Wildman–Crippen MR) is 63.2 cm³/mol. The van der Waals surface area contributed by atoms with Crippen molar-refractivity contribution >= 4 is 11.0 Å². The van der Waals surface area contributed by atoms with Gasteiger partial charge in [-0.1, -0.05) is 0 Å². The van der Waals surface area contributed by atoms with Crippen molar-refractivity contribution in [2.24, 2.45) is 7.05 Å². The Kier molecular flexibility index (Phi) is 2.04. The van der Waals surface area contributed by atoms with Crippen LogP contribution in [0.3, 0.4) is 0 Å². The minimum atomic E-state index is -0.357. The summed E-state index contributed by atoms with van der Waals surface area (Å²) in [5.41, 5.74) is 1.97. The van der Waals surface area contributed by atoms with Crippen LogP contribution in [0.4, 0.5) is 0 Å². The van der Waals surface area contributed by atoms with E-state index in [-0.39, 0.29) is 5.60 Å². The molecule has 1 saturated carbocycles. The van der Waals surface area contributed by atoms with Crippen molar-refractivity contribution in [3.63, 3.8) is 0 Å². The number of aliphatic hydroxyl groups is 1. The molecular formula is C13H16N2O. The molecule has 0 aliphatic heterocycles. The molecule has 2 aromatic heterocycles. The van der Waals surface area contributed by atoms with Crippen molar-refractivity contribution in [1.82, 2.24) is 9.55 Å². The van der Waals surface area contributed by atoms with Gasteiger partial charge >= 0.3 is 0 Å². The second-order valence-electron chi connectivity index (χ2n) is 4.86. The number of aryl methyl sites for hydroxylation is 2. The first-order valence-electron chi connectivity index (χ1n) is 5.79. The second kappa shape index (κ2) is 3.32. The lowest BCUT2D eigenvalue weighted by Gasteiger charge is -2.05. The summed E-state index contributed by atoms with van der Waals surface area (Å²) < 4.78 is 2.06. The molecule has 0 saturated heterocycles. The summed E-state index contributed by atoms with van der Waals surface area (Å²) in [6.07, 6.45) is 7.70. The van der Waals surface area contributed by atoms with E-state index in [2.05, 4.69) is 21.8 Å². The summed E-state index contributed by atoms with van der Waals surface area (Å²) in [6, 6.07) is 4.08. The fraction of sp³-hybridized carbons (Fsp3) is 0.462. The molecule has 2 aromatic rings. The van der Waals surface area contributed by atoms with Crippen LogP contribution < -0.4 is 0 Å². The molecule has 3 nitrogen and oxygen atoms in total. The molecule has 2 heterocycles. The molecule has 84 valence electrons. The lowest BCUT2D eigenvalue weighted by Crippen LogP contribution is -2.07. The maximum atomic E-state index is 9.85. The van der Waals surface area contributed by atoms with Gasteiger partial charge in [-0.3, -0.25) is 0 Å². The van der Waals surface area contributed by atoms with Gasteiger partial charge < -0.3 is 9.67 Å². The van der Waals surface area contributed by atoms with Crippen LogP contribution in [0.15, 0.2) is 24.5 Å². The Balaban J connectivity index is 1.91. The zero-order valence-corrected chi connectivity index (χ0v) is 9.48. The number of nitrogens with zero attached hydrogens (tertiary/aromatic N) is 2. The van der Waals surface area contributed by atoms with Crippen molar-refractivity contribution in [2.75, 3.05) is 0 Å². The zero-order valence-electron chi connectivity index (χ0n) is 9.48. The Hall–Kier alpha value is -1.35. The van der Waals surface area contributed by atoms with E-state index < -0.39 is 0 Å². The van der Waals surface area contributed by atoms with Gasteiger partial charge in [0.15, 0.2) is 0 Å². The Morgan fingerprint density at radius 3 is 3.06 bits per heavy atom. The molecular weight excluding hydrogens is 200 g/mol. The van der Waals surface area contributed by atoms with E-state index in [1.807, 2.05) is 19.3 Å². The first-order chi connectivity index (χ1) is 7.68. The SMILES string of the molecule is Cn1cc(CCC2(O)CC2)c2cccnc21. The maximum Gasteiger partial charge on any atom is 0.139 e. The standard InChI is InChI=1S/C13H16N2O/c1-15-9-10(4-5-13(16)6-7-13)11-3-2-8-14-12(11)15/h2-3,8-9,16H,4-7H2,1H3. The van der Waals surface area contributed by atoms with Crippen LogP contribution in [0.5, 0.6) is 0 Å². The first-order valence-corrected chi connectivity index (χ1v) is 5.79. The van der Waals surface area contributed by atoms with Crippen LogP contribution in [-0.2, 0) is 13.5 Å². The van der Waals surface area contributed by atoms with Crippen LogP contribution in [0.1, 0.15) is 24.8 Å². The highest BCUT2D eigenvalue weighted by Gasteiger charge is 2.39. The fourth-order valence-electron chi connectivity index (χ4n) is 2.25. The fourth-order valence-corrected chi connectivity index (χ4v) is 2.25. The summed E-state index contributed by atoms with van der Waals surface area (Å²) in [5.74, 6) is 0. The first kappa shape index (κ1) is 9.85. The molecule has 0 unspecified atom stereocenters. The largest absolute Gasteiger partial charge is 0.390 e. The van der Waals surface area contributed by atoms with Crippen molar-refractivity contribution < 1.29 is 5.11 Å². The molecule has 0 amide bonds. The molecule has 0 atom stereocenters. The minimum absolute atomic E-state index is 0.357. The summed E-state index contributed by atoms with van der Waals surface area (Å²) in [4.78, 5) is 4.36. The van der Waals surface area contributed by atoms with E-state index in [1.165, 1.54) is 10.9 Å². The van der Waals surface area contributed by atoms with E-state index >= 15 is 0 Å². The average Bonchev–Trinajstić information content (AvgIpc) is 2.94. The summed E-state index contributed by atoms with van der Waals surface area (Å²) >= 11 is 0. The molecule has 0 radical (unpaired) electrons. The quantitative estimate of drug-likeness (QED) is 0.852. The Morgan fingerprint density at radius 1 is 1.50 bits per heavy atom. The summed E-state index contributed by atoms with van der Waals surface area (Å²) in [5, 5.41) is 11.1. The van der Waals surface area contributed by atoms with Gasteiger partial charge in [0, 0.05) is 24.8 Å². The Labute approximate surface area is 94.7 Å². The van der Waals surface area contributed by atoms with E-state index in [9.17, 15) is 5.11 Å². The normalized spacial score (nSPS) is 17.9. The number of hydrogen-bond acceptors (Lipinski definition) is 2. The molecule has 3 heteroatoms. The molecule has 16 heavy (non-hydrogen) atoms. The Bertz CT molecular complexity index is 526. The van der Waals surface area contributed by atoms with Crippen LogP contribution in [0.2, 0.25) is 0 Å². The molecule has 3 rings (SSSR count). The lowest BCUT2D eigenvalue weighted by atomic mass is 10.1. The Morgan fingerprint density at radius 2 is 2.31 bits per heavy atom. The van der Waals surface area contributed by atoms with Crippen LogP contribution in [0.25, 0.3) is 11.0 Å². The summed E-state index contributed by atoms with van der Waals surface area (Å²) in [7, 11) is 2.02. The summed E-state index contributed by atoms with van der Waals surface area (Å²) in [6.45, 7) is 0. The monoisotopic (exact) mass is 216 g/mol. The molecule has 0 spiro atoms. The van der Waals surface area contributed by atoms with E-state index in [1.54, 1.807) is 0 Å². The van der Waals surface area contributed by atoms with Crippen molar-refractivity contribution in [1.29, 1.82) is 0 Å². The number of hydrogen-bond donors (Lipinski definition) is 1. The number of aromatic nitrogens is 2. The average molecular weight is 216 g/mol. The maximum absolute atomic E-state index is 9.85. The van der Waals surface area contributed by atoms with Gasteiger partial charge in [0.1, 0.15) is 5.65 Å². The van der Waals surface area contributed by atoms with Gasteiger partial charge in [-0.25, -0.2) is 4.98 Å². The van der Waals surface area contributed by atoms with Gasteiger partial charge in [-0.2, -0.15) is 0 Å². The van der Waals surface area contributed by atoms with Gasteiger partial charge in [-0.15, -0.1) is 0 Å². The highest BCUT2D eigenvalue weighted by molar-refractivity contribution is 5.80. The third-order valence-corrected chi connectivity index (χ3v) is 3.50. The van der Waals surface area contributed by atoms with Gasteiger partial charge in [-0.05, 0) is 43.4 Å². The van der Waals surface area contributed by atoms with Crippen LogP contribution in [-0.4, -0.2) is 20.3 Å².